The monoisotopic (exact) mass is 252 g/mol. The molecule has 0 N–H and O–H groups in total. The highest BCUT2D eigenvalue weighted by molar-refractivity contribution is 8.13. The lowest BCUT2D eigenvalue weighted by atomic mass is 10.1. The first-order chi connectivity index (χ1) is 8.22. The fraction of sp³-hybridized carbons (Fsp3) is 0.333. The first kappa shape index (κ1) is 12.0. The molecule has 5 heteroatoms. The Bertz CT molecular complexity index is 418. The molecule has 0 amide bonds. The van der Waals surface area contributed by atoms with Gasteiger partial charge in [0.25, 0.3) is 0 Å². The summed E-state index contributed by atoms with van der Waals surface area (Å²) in [5.41, 5.74) is 0.890. The molecule has 1 aliphatic rings. The van der Waals surface area contributed by atoms with Crippen molar-refractivity contribution in [3.63, 3.8) is 0 Å². The first-order valence-electron chi connectivity index (χ1n) is 5.31. The van der Waals surface area contributed by atoms with E-state index in [1.807, 2.05) is 30.3 Å². The number of esters is 1. The number of hydrogen-bond acceptors (Lipinski definition) is 5. The van der Waals surface area contributed by atoms with Crippen molar-refractivity contribution in [1.82, 2.24) is 0 Å². The number of carbonyl (C=O) groups is 2. The predicted octanol–water partition coefficient (Wildman–Crippen LogP) is 2.54. The quantitative estimate of drug-likeness (QED) is 0.774. The Kier molecular flexibility index (Phi) is 3.68. The molecule has 1 aromatic rings. The highest BCUT2D eigenvalue weighted by atomic mass is 32.2. The molecule has 1 aromatic carbocycles. The minimum atomic E-state index is -0.838. The molecule has 1 heterocycles. The van der Waals surface area contributed by atoms with Crippen molar-refractivity contribution in [3.8, 4) is 0 Å². The topological polar surface area (TPSA) is 52.6 Å². The van der Waals surface area contributed by atoms with E-state index >= 15 is 0 Å². The van der Waals surface area contributed by atoms with Gasteiger partial charge in [0, 0.05) is 0 Å². The van der Waals surface area contributed by atoms with Crippen molar-refractivity contribution >= 4 is 23.0 Å². The lowest BCUT2D eigenvalue weighted by Gasteiger charge is -2.14. The van der Waals surface area contributed by atoms with Gasteiger partial charge in [0.05, 0.1) is 11.9 Å². The molecule has 0 saturated carbocycles. The van der Waals surface area contributed by atoms with Gasteiger partial charge in [-0.2, -0.15) is 0 Å². The lowest BCUT2D eigenvalue weighted by Crippen LogP contribution is -2.27. The van der Waals surface area contributed by atoms with Gasteiger partial charge in [0.1, 0.15) is 0 Å². The van der Waals surface area contributed by atoms with Crippen LogP contribution >= 0.6 is 11.8 Å². The van der Waals surface area contributed by atoms with Crippen LogP contribution in [0.2, 0.25) is 0 Å². The molecule has 0 radical (unpaired) electrons. The van der Waals surface area contributed by atoms with Crippen molar-refractivity contribution in [1.29, 1.82) is 0 Å². The molecule has 17 heavy (non-hydrogen) atoms. The van der Waals surface area contributed by atoms with Crippen molar-refractivity contribution in [3.05, 3.63) is 35.9 Å². The number of carbonyl (C=O) groups excluding carboxylic acids is 2. The highest BCUT2D eigenvalue weighted by Crippen LogP contribution is 2.41. The Morgan fingerprint density at radius 2 is 2.12 bits per heavy atom. The smallest absolute Gasteiger partial charge is 0.368 e. The van der Waals surface area contributed by atoms with Gasteiger partial charge >= 0.3 is 11.3 Å². The largest absolute Gasteiger partial charge is 0.463 e. The minimum absolute atomic E-state index is 0.277. The number of hydrogen-bond donors (Lipinski definition) is 0. The number of thioether (sulfide) groups is 1. The molecule has 0 aliphatic carbocycles. The van der Waals surface area contributed by atoms with Crippen LogP contribution in [0.4, 0.5) is 4.79 Å². The molecule has 1 saturated heterocycles. The van der Waals surface area contributed by atoms with Crippen LogP contribution in [-0.2, 0) is 14.3 Å². The maximum absolute atomic E-state index is 11.7. The highest BCUT2D eigenvalue weighted by Gasteiger charge is 2.42. The molecule has 0 spiro atoms. The van der Waals surface area contributed by atoms with Gasteiger partial charge in [0.15, 0.2) is 0 Å². The fourth-order valence-corrected chi connectivity index (χ4v) is 2.59. The molecule has 90 valence electrons. The van der Waals surface area contributed by atoms with Crippen LogP contribution in [0.1, 0.15) is 17.7 Å². The average molecular weight is 252 g/mol. The zero-order valence-electron chi connectivity index (χ0n) is 9.29. The second-order valence-electron chi connectivity index (χ2n) is 3.49. The summed E-state index contributed by atoms with van der Waals surface area (Å²) >= 11 is 1.02. The van der Waals surface area contributed by atoms with Crippen LogP contribution in [0.3, 0.4) is 0 Å². The maximum Gasteiger partial charge on any atom is 0.368 e. The van der Waals surface area contributed by atoms with E-state index < -0.39 is 17.4 Å². The Morgan fingerprint density at radius 1 is 1.41 bits per heavy atom. The third kappa shape index (κ3) is 2.61. The van der Waals surface area contributed by atoms with E-state index in [2.05, 4.69) is 0 Å². The number of cyclic esters (lactones) is 1. The molecule has 0 bridgehead atoms. The van der Waals surface area contributed by atoms with Gasteiger partial charge in [-0.3, -0.25) is 0 Å². The SMILES string of the molecule is CCOC(=O)C1OC(=O)SC1c1ccccc1. The average Bonchev–Trinajstić information content (AvgIpc) is 2.73. The molecule has 4 nitrogen and oxygen atoms in total. The van der Waals surface area contributed by atoms with Gasteiger partial charge in [0.2, 0.25) is 6.10 Å². The Labute approximate surface area is 103 Å². The molecule has 1 fully saturated rings. The summed E-state index contributed by atoms with van der Waals surface area (Å²) < 4.78 is 9.89. The zero-order valence-corrected chi connectivity index (χ0v) is 10.1. The van der Waals surface area contributed by atoms with Crippen LogP contribution in [0.25, 0.3) is 0 Å². The third-order valence-corrected chi connectivity index (χ3v) is 3.43. The van der Waals surface area contributed by atoms with Crippen LogP contribution in [0, 0.1) is 0 Å². The summed E-state index contributed by atoms with van der Waals surface area (Å²) in [4.78, 5) is 22.9. The fourth-order valence-electron chi connectivity index (χ4n) is 1.64. The first-order valence-corrected chi connectivity index (χ1v) is 6.19. The van der Waals surface area contributed by atoms with Crippen LogP contribution in [-0.4, -0.2) is 24.0 Å². The van der Waals surface area contributed by atoms with E-state index in [0.717, 1.165) is 17.3 Å². The third-order valence-electron chi connectivity index (χ3n) is 2.37. The molecule has 0 aromatic heterocycles. The normalized spacial score (nSPS) is 23.2. The molecular weight excluding hydrogens is 240 g/mol. The van der Waals surface area contributed by atoms with Crippen molar-refractivity contribution < 1.29 is 19.1 Å². The van der Waals surface area contributed by atoms with Crippen molar-refractivity contribution in [2.45, 2.75) is 18.3 Å². The van der Waals surface area contributed by atoms with Gasteiger partial charge in [-0.1, -0.05) is 30.3 Å². The molecular formula is C12H12O4S. The molecule has 2 unspecified atom stereocenters. The maximum atomic E-state index is 11.7. The van der Waals surface area contributed by atoms with Crippen LogP contribution in [0.5, 0.6) is 0 Å². The summed E-state index contributed by atoms with van der Waals surface area (Å²) in [6.45, 7) is 2.00. The standard InChI is InChI=1S/C12H12O4S/c1-2-15-11(13)9-10(17-12(14)16-9)8-6-4-3-5-7-8/h3-7,9-10H,2H2,1H3. The van der Waals surface area contributed by atoms with Gasteiger partial charge in [-0.25, -0.2) is 9.59 Å². The second-order valence-corrected chi connectivity index (χ2v) is 4.57. The summed E-state index contributed by atoms with van der Waals surface area (Å²) in [5.74, 6) is -0.486. The zero-order chi connectivity index (χ0) is 12.3. The van der Waals surface area contributed by atoms with Crippen LogP contribution < -0.4 is 0 Å². The van der Waals surface area contributed by atoms with Crippen molar-refractivity contribution in [2.75, 3.05) is 6.61 Å². The summed E-state index contributed by atoms with van der Waals surface area (Å²) in [7, 11) is 0. The second kappa shape index (κ2) is 5.23. The minimum Gasteiger partial charge on any atom is -0.463 e. The number of rotatable bonds is 3. The summed E-state index contributed by atoms with van der Waals surface area (Å²) in [6.07, 6.45) is -0.838. The molecule has 2 rings (SSSR count). The van der Waals surface area contributed by atoms with E-state index in [4.69, 9.17) is 9.47 Å². The van der Waals surface area contributed by atoms with E-state index in [-0.39, 0.29) is 11.9 Å². The van der Waals surface area contributed by atoms with Crippen LogP contribution in [0.15, 0.2) is 30.3 Å². The Hall–Kier alpha value is -1.49. The summed E-state index contributed by atoms with van der Waals surface area (Å²) in [6, 6.07) is 9.34. The number of benzene rings is 1. The Morgan fingerprint density at radius 3 is 2.76 bits per heavy atom. The molecule has 2 atom stereocenters. The summed E-state index contributed by atoms with van der Waals surface area (Å²) in [5, 5.41) is -0.750. The van der Waals surface area contributed by atoms with E-state index in [1.54, 1.807) is 6.92 Å². The van der Waals surface area contributed by atoms with Gasteiger partial charge in [-0.15, -0.1) is 0 Å². The van der Waals surface area contributed by atoms with E-state index in [0.29, 0.717) is 0 Å². The number of ether oxygens (including phenoxy) is 2. The van der Waals surface area contributed by atoms with E-state index in [9.17, 15) is 9.59 Å². The van der Waals surface area contributed by atoms with E-state index in [1.165, 1.54) is 0 Å². The lowest BCUT2D eigenvalue weighted by molar-refractivity contribution is -0.152. The van der Waals surface area contributed by atoms with Crippen molar-refractivity contribution in [2.24, 2.45) is 0 Å². The van der Waals surface area contributed by atoms with Gasteiger partial charge < -0.3 is 9.47 Å². The Balaban J connectivity index is 2.20. The van der Waals surface area contributed by atoms with Gasteiger partial charge in [-0.05, 0) is 24.2 Å². The molecule has 1 aliphatic heterocycles. The predicted molar refractivity (Wildman–Crippen MR) is 63.7 cm³/mol.